The van der Waals surface area contributed by atoms with E-state index in [0.29, 0.717) is 12.3 Å². The number of rotatable bonds is 5. The van der Waals surface area contributed by atoms with Crippen molar-refractivity contribution in [2.45, 2.75) is 19.8 Å². The minimum absolute atomic E-state index is 0.148. The van der Waals surface area contributed by atoms with Gasteiger partial charge in [0.15, 0.2) is 5.76 Å². The summed E-state index contributed by atoms with van der Waals surface area (Å²) in [6.07, 6.45) is 1.63. The van der Waals surface area contributed by atoms with Gasteiger partial charge in [0, 0.05) is 13.0 Å². The Morgan fingerprint density at radius 1 is 1.17 bits per heavy atom. The second-order valence-corrected chi connectivity index (χ2v) is 4.11. The van der Waals surface area contributed by atoms with E-state index >= 15 is 0 Å². The summed E-state index contributed by atoms with van der Waals surface area (Å²) in [7, 11) is 0. The Bertz CT molecular complexity index is 502. The Hall–Kier alpha value is -2.03. The molecule has 94 valence electrons. The first-order valence-electron chi connectivity index (χ1n) is 6.20. The minimum Gasteiger partial charge on any atom is -0.456 e. The van der Waals surface area contributed by atoms with Crippen LogP contribution in [0.5, 0.6) is 0 Å². The maximum Gasteiger partial charge on any atom is 0.287 e. The molecular formula is C15H17NO2. The van der Waals surface area contributed by atoms with E-state index in [9.17, 15) is 4.79 Å². The van der Waals surface area contributed by atoms with Gasteiger partial charge in [-0.1, -0.05) is 37.3 Å². The van der Waals surface area contributed by atoms with Crippen LogP contribution >= 0.6 is 0 Å². The molecule has 1 N–H and O–H groups in total. The maximum atomic E-state index is 11.8. The van der Waals surface area contributed by atoms with Crippen molar-refractivity contribution in [1.29, 1.82) is 0 Å². The molecule has 0 radical (unpaired) electrons. The van der Waals surface area contributed by atoms with Gasteiger partial charge < -0.3 is 9.73 Å². The van der Waals surface area contributed by atoms with Crippen LogP contribution in [0.2, 0.25) is 0 Å². The molecule has 0 unspecified atom stereocenters. The van der Waals surface area contributed by atoms with Gasteiger partial charge in [0.1, 0.15) is 5.76 Å². The summed E-state index contributed by atoms with van der Waals surface area (Å²) in [5, 5.41) is 2.85. The topological polar surface area (TPSA) is 42.2 Å². The predicted molar refractivity (Wildman–Crippen MR) is 70.6 cm³/mol. The standard InChI is InChI=1S/C15H17NO2/c1-2-13-8-9-14(18-13)15(17)16-11-10-12-6-4-3-5-7-12/h3-9H,2,10-11H2,1H3,(H,16,17). The van der Waals surface area contributed by atoms with Gasteiger partial charge in [0.25, 0.3) is 5.91 Å². The van der Waals surface area contributed by atoms with Crippen molar-refractivity contribution in [2.24, 2.45) is 0 Å². The van der Waals surface area contributed by atoms with E-state index in [1.165, 1.54) is 5.56 Å². The maximum absolute atomic E-state index is 11.8. The smallest absolute Gasteiger partial charge is 0.287 e. The van der Waals surface area contributed by atoms with Crippen molar-refractivity contribution in [2.75, 3.05) is 6.54 Å². The Morgan fingerprint density at radius 2 is 1.94 bits per heavy atom. The van der Waals surface area contributed by atoms with Crippen LogP contribution in [0.15, 0.2) is 46.9 Å². The lowest BCUT2D eigenvalue weighted by Gasteiger charge is -2.03. The highest BCUT2D eigenvalue weighted by molar-refractivity contribution is 5.91. The summed E-state index contributed by atoms with van der Waals surface area (Å²) in [6, 6.07) is 13.6. The third-order valence-corrected chi connectivity index (χ3v) is 2.78. The molecule has 1 heterocycles. The van der Waals surface area contributed by atoms with E-state index in [2.05, 4.69) is 5.32 Å². The van der Waals surface area contributed by atoms with Crippen LogP contribution in [-0.4, -0.2) is 12.5 Å². The van der Waals surface area contributed by atoms with Gasteiger partial charge >= 0.3 is 0 Å². The lowest BCUT2D eigenvalue weighted by molar-refractivity contribution is 0.0925. The summed E-state index contributed by atoms with van der Waals surface area (Å²) in [4.78, 5) is 11.8. The normalized spacial score (nSPS) is 10.3. The number of carbonyl (C=O) groups is 1. The third kappa shape index (κ3) is 3.23. The largest absolute Gasteiger partial charge is 0.456 e. The number of aryl methyl sites for hydroxylation is 1. The molecule has 2 rings (SSSR count). The van der Waals surface area contributed by atoms with Gasteiger partial charge in [-0.3, -0.25) is 4.79 Å². The molecule has 0 bridgehead atoms. The third-order valence-electron chi connectivity index (χ3n) is 2.78. The zero-order chi connectivity index (χ0) is 12.8. The summed E-state index contributed by atoms with van der Waals surface area (Å²) < 4.78 is 5.39. The lowest BCUT2D eigenvalue weighted by atomic mass is 10.1. The zero-order valence-corrected chi connectivity index (χ0v) is 10.5. The van der Waals surface area contributed by atoms with Crippen LogP contribution in [0.25, 0.3) is 0 Å². The molecule has 0 spiro atoms. The van der Waals surface area contributed by atoms with E-state index in [0.717, 1.165) is 18.6 Å². The van der Waals surface area contributed by atoms with Gasteiger partial charge in [-0.05, 0) is 24.1 Å². The van der Waals surface area contributed by atoms with Crippen molar-refractivity contribution >= 4 is 5.91 Å². The average Bonchev–Trinajstić information content (AvgIpc) is 2.89. The highest BCUT2D eigenvalue weighted by Gasteiger charge is 2.09. The molecule has 3 nitrogen and oxygen atoms in total. The Morgan fingerprint density at radius 3 is 2.61 bits per heavy atom. The zero-order valence-electron chi connectivity index (χ0n) is 10.5. The molecule has 0 saturated heterocycles. The molecule has 3 heteroatoms. The van der Waals surface area contributed by atoms with Gasteiger partial charge in [-0.2, -0.15) is 0 Å². The SMILES string of the molecule is CCc1ccc(C(=O)NCCc2ccccc2)o1. The predicted octanol–water partition coefficient (Wildman–Crippen LogP) is 2.81. The first-order chi connectivity index (χ1) is 8.79. The average molecular weight is 243 g/mol. The molecule has 0 aliphatic heterocycles. The molecular weight excluding hydrogens is 226 g/mol. The van der Waals surface area contributed by atoms with Gasteiger partial charge in [-0.25, -0.2) is 0 Å². The van der Waals surface area contributed by atoms with Crippen LogP contribution < -0.4 is 5.32 Å². The molecule has 1 amide bonds. The van der Waals surface area contributed by atoms with Gasteiger partial charge in [0.05, 0.1) is 0 Å². The summed E-state index contributed by atoms with van der Waals surface area (Å²) >= 11 is 0. The van der Waals surface area contributed by atoms with E-state index in [4.69, 9.17) is 4.42 Å². The van der Waals surface area contributed by atoms with E-state index < -0.39 is 0 Å². The summed E-state index contributed by atoms with van der Waals surface area (Å²) in [5.41, 5.74) is 1.21. The lowest BCUT2D eigenvalue weighted by Crippen LogP contribution is -2.25. The second kappa shape index (κ2) is 6.05. The quantitative estimate of drug-likeness (QED) is 0.877. The molecule has 0 aliphatic rings. The fourth-order valence-corrected chi connectivity index (χ4v) is 1.74. The number of hydrogen-bond acceptors (Lipinski definition) is 2. The molecule has 2 aromatic rings. The van der Waals surface area contributed by atoms with E-state index in [1.807, 2.05) is 43.3 Å². The highest BCUT2D eigenvalue weighted by atomic mass is 16.3. The molecule has 1 aromatic carbocycles. The summed E-state index contributed by atoms with van der Waals surface area (Å²) in [6.45, 7) is 2.61. The first kappa shape index (κ1) is 12.4. The second-order valence-electron chi connectivity index (χ2n) is 4.11. The molecule has 18 heavy (non-hydrogen) atoms. The number of nitrogens with one attached hydrogen (secondary N) is 1. The first-order valence-corrected chi connectivity index (χ1v) is 6.20. The van der Waals surface area contributed by atoms with Crippen molar-refractivity contribution < 1.29 is 9.21 Å². The van der Waals surface area contributed by atoms with E-state index in [-0.39, 0.29) is 5.91 Å². The highest BCUT2D eigenvalue weighted by Crippen LogP contribution is 2.08. The minimum atomic E-state index is -0.148. The van der Waals surface area contributed by atoms with Crippen LogP contribution in [0, 0.1) is 0 Å². The van der Waals surface area contributed by atoms with Crippen molar-refractivity contribution in [1.82, 2.24) is 5.32 Å². The van der Waals surface area contributed by atoms with Crippen LogP contribution in [0.3, 0.4) is 0 Å². The van der Waals surface area contributed by atoms with Gasteiger partial charge in [0.2, 0.25) is 0 Å². The van der Waals surface area contributed by atoms with Crippen molar-refractivity contribution in [3.8, 4) is 0 Å². The van der Waals surface area contributed by atoms with Crippen molar-refractivity contribution in [3.05, 3.63) is 59.5 Å². The summed E-state index contributed by atoms with van der Waals surface area (Å²) in [5.74, 6) is 1.08. The number of benzene rings is 1. The molecule has 0 saturated carbocycles. The monoisotopic (exact) mass is 243 g/mol. The van der Waals surface area contributed by atoms with Gasteiger partial charge in [-0.15, -0.1) is 0 Å². The Balaban J connectivity index is 1.81. The van der Waals surface area contributed by atoms with Crippen molar-refractivity contribution in [3.63, 3.8) is 0 Å². The Kier molecular flexibility index (Phi) is 4.18. The number of hydrogen-bond donors (Lipinski definition) is 1. The molecule has 0 aliphatic carbocycles. The Labute approximate surface area is 107 Å². The fourth-order valence-electron chi connectivity index (χ4n) is 1.74. The number of amides is 1. The fraction of sp³-hybridized carbons (Fsp3) is 0.267. The number of furan rings is 1. The molecule has 1 aromatic heterocycles. The van der Waals surface area contributed by atoms with Crippen LogP contribution in [-0.2, 0) is 12.8 Å². The van der Waals surface area contributed by atoms with Crippen LogP contribution in [0.1, 0.15) is 28.8 Å². The molecule has 0 atom stereocenters. The van der Waals surface area contributed by atoms with E-state index in [1.54, 1.807) is 6.07 Å². The van der Waals surface area contributed by atoms with Crippen LogP contribution in [0.4, 0.5) is 0 Å². The number of carbonyl (C=O) groups excluding carboxylic acids is 1. The molecule has 0 fully saturated rings.